The summed E-state index contributed by atoms with van der Waals surface area (Å²) < 4.78 is 28.7. The number of nitrogens with one attached hydrogen (secondary N) is 1. The van der Waals surface area contributed by atoms with Crippen molar-refractivity contribution in [2.45, 2.75) is 58.0 Å². The first-order chi connectivity index (χ1) is 18.2. The van der Waals surface area contributed by atoms with E-state index < -0.39 is 28.5 Å². The highest BCUT2D eigenvalue weighted by Crippen LogP contribution is 2.25. The number of nitrogens with zero attached hydrogens (tertiary/aromatic N) is 2. The monoisotopic (exact) mass is 535 g/mol. The number of anilines is 1. The van der Waals surface area contributed by atoms with Gasteiger partial charge in [-0.3, -0.25) is 13.9 Å². The maximum absolute atomic E-state index is 14.0. The standard InChI is InChI=1S/C30H37N3O4S/c1-5-18-31-30(35)28(6-2)32(21-25-14-10-12-23(3)19-25)29(34)22-33(26-15-11-13-24(4)20-26)38(36,37)27-16-8-7-9-17-27/h7-17,19-20,28H,5-6,18,21-22H2,1-4H3,(H,31,35). The number of hydrogen-bond acceptors (Lipinski definition) is 4. The second kappa shape index (κ2) is 13.2. The molecule has 1 atom stereocenters. The van der Waals surface area contributed by atoms with E-state index in [2.05, 4.69) is 5.32 Å². The van der Waals surface area contributed by atoms with E-state index in [1.165, 1.54) is 17.0 Å². The Balaban J connectivity index is 2.04. The van der Waals surface area contributed by atoms with Gasteiger partial charge in [-0.2, -0.15) is 0 Å². The fraction of sp³-hybridized carbons (Fsp3) is 0.333. The fourth-order valence-electron chi connectivity index (χ4n) is 4.32. The normalized spacial score (nSPS) is 12.0. The molecule has 2 amide bonds. The van der Waals surface area contributed by atoms with Crippen LogP contribution < -0.4 is 9.62 Å². The van der Waals surface area contributed by atoms with Crippen LogP contribution in [0.25, 0.3) is 0 Å². The van der Waals surface area contributed by atoms with Crippen LogP contribution in [0.3, 0.4) is 0 Å². The maximum Gasteiger partial charge on any atom is 0.264 e. The van der Waals surface area contributed by atoms with Crippen molar-refractivity contribution < 1.29 is 18.0 Å². The highest BCUT2D eigenvalue weighted by molar-refractivity contribution is 7.92. The molecule has 0 fully saturated rings. The van der Waals surface area contributed by atoms with Crippen molar-refractivity contribution >= 4 is 27.5 Å². The van der Waals surface area contributed by atoms with Crippen LogP contribution in [0.1, 0.15) is 43.4 Å². The Bertz CT molecular complexity index is 1340. The molecule has 3 rings (SSSR count). The molecule has 0 aliphatic rings. The van der Waals surface area contributed by atoms with E-state index in [1.807, 2.05) is 58.0 Å². The van der Waals surface area contributed by atoms with Gasteiger partial charge in [0.05, 0.1) is 10.6 Å². The Morgan fingerprint density at radius 2 is 1.53 bits per heavy atom. The third kappa shape index (κ3) is 7.22. The minimum Gasteiger partial charge on any atom is -0.354 e. The van der Waals surface area contributed by atoms with Crippen molar-refractivity contribution in [3.8, 4) is 0 Å². The lowest BCUT2D eigenvalue weighted by atomic mass is 10.1. The third-order valence-electron chi connectivity index (χ3n) is 6.27. The molecule has 0 aliphatic heterocycles. The van der Waals surface area contributed by atoms with Gasteiger partial charge in [0.2, 0.25) is 11.8 Å². The molecule has 0 aliphatic carbocycles. The molecule has 1 unspecified atom stereocenters. The van der Waals surface area contributed by atoms with Gasteiger partial charge in [-0.1, -0.05) is 74.0 Å². The lowest BCUT2D eigenvalue weighted by Crippen LogP contribution is -2.52. The molecule has 202 valence electrons. The van der Waals surface area contributed by atoms with Crippen LogP contribution in [0.15, 0.2) is 83.8 Å². The lowest BCUT2D eigenvalue weighted by molar-refractivity contribution is -0.140. The zero-order valence-corrected chi connectivity index (χ0v) is 23.4. The molecule has 8 heteroatoms. The van der Waals surface area contributed by atoms with Crippen molar-refractivity contribution in [1.29, 1.82) is 0 Å². The summed E-state index contributed by atoms with van der Waals surface area (Å²) in [7, 11) is -4.06. The number of carbonyl (C=O) groups excluding carboxylic acids is 2. The van der Waals surface area contributed by atoms with E-state index >= 15 is 0 Å². The van der Waals surface area contributed by atoms with Crippen molar-refractivity contribution in [3.63, 3.8) is 0 Å². The summed E-state index contributed by atoms with van der Waals surface area (Å²) in [5.41, 5.74) is 3.16. The predicted molar refractivity (Wildman–Crippen MR) is 151 cm³/mol. The number of amides is 2. The van der Waals surface area contributed by atoms with E-state index in [-0.39, 0.29) is 17.3 Å². The molecule has 7 nitrogen and oxygen atoms in total. The van der Waals surface area contributed by atoms with E-state index in [4.69, 9.17) is 0 Å². The van der Waals surface area contributed by atoms with E-state index in [1.54, 1.807) is 36.4 Å². The van der Waals surface area contributed by atoms with Crippen molar-refractivity contribution in [3.05, 3.63) is 95.6 Å². The molecule has 0 saturated heterocycles. The van der Waals surface area contributed by atoms with Gasteiger partial charge in [-0.25, -0.2) is 8.42 Å². The number of benzene rings is 3. The van der Waals surface area contributed by atoms with E-state index in [0.29, 0.717) is 18.7 Å². The summed E-state index contributed by atoms with van der Waals surface area (Å²) in [4.78, 5) is 28.7. The molecule has 0 saturated carbocycles. The first-order valence-corrected chi connectivity index (χ1v) is 14.4. The first kappa shape index (κ1) is 28.9. The zero-order chi connectivity index (χ0) is 27.7. The fourth-order valence-corrected chi connectivity index (χ4v) is 5.75. The molecular weight excluding hydrogens is 498 g/mol. The molecule has 0 aromatic heterocycles. The molecule has 1 N–H and O–H groups in total. The topological polar surface area (TPSA) is 86.8 Å². The van der Waals surface area contributed by atoms with Crippen molar-refractivity contribution in [2.24, 2.45) is 0 Å². The molecule has 0 heterocycles. The van der Waals surface area contributed by atoms with Crippen LogP contribution in [0.2, 0.25) is 0 Å². The smallest absolute Gasteiger partial charge is 0.264 e. The Morgan fingerprint density at radius 1 is 0.868 bits per heavy atom. The second-order valence-corrected chi connectivity index (χ2v) is 11.3. The van der Waals surface area contributed by atoms with Gasteiger partial charge in [0.25, 0.3) is 10.0 Å². The summed E-state index contributed by atoms with van der Waals surface area (Å²) in [6, 6.07) is 22.1. The molecule has 0 bridgehead atoms. The summed E-state index contributed by atoms with van der Waals surface area (Å²) in [5, 5.41) is 2.90. The summed E-state index contributed by atoms with van der Waals surface area (Å²) in [6.45, 7) is 7.90. The van der Waals surface area contributed by atoms with Gasteiger partial charge in [0.1, 0.15) is 12.6 Å². The predicted octanol–water partition coefficient (Wildman–Crippen LogP) is 4.83. The average Bonchev–Trinajstić information content (AvgIpc) is 2.90. The van der Waals surface area contributed by atoms with Crippen molar-refractivity contribution in [1.82, 2.24) is 10.2 Å². The van der Waals surface area contributed by atoms with Crippen LogP contribution in [0.5, 0.6) is 0 Å². The Labute approximate surface area is 226 Å². The van der Waals surface area contributed by atoms with Gasteiger partial charge in [0, 0.05) is 13.1 Å². The summed E-state index contributed by atoms with van der Waals surface area (Å²) >= 11 is 0. The lowest BCUT2D eigenvalue weighted by Gasteiger charge is -2.33. The van der Waals surface area contributed by atoms with Crippen LogP contribution in [0, 0.1) is 13.8 Å². The van der Waals surface area contributed by atoms with Gasteiger partial charge in [-0.15, -0.1) is 0 Å². The largest absolute Gasteiger partial charge is 0.354 e. The van der Waals surface area contributed by atoms with Crippen LogP contribution in [0.4, 0.5) is 5.69 Å². The quantitative estimate of drug-likeness (QED) is 0.360. The molecular formula is C30H37N3O4S. The van der Waals surface area contributed by atoms with Crippen LogP contribution >= 0.6 is 0 Å². The molecule has 3 aromatic rings. The number of sulfonamides is 1. The van der Waals surface area contributed by atoms with Gasteiger partial charge in [0.15, 0.2) is 0 Å². The number of carbonyl (C=O) groups is 2. The first-order valence-electron chi connectivity index (χ1n) is 12.9. The Hall–Kier alpha value is -3.65. The Kier molecular flexibility index (Phi) is 10.1. The molecule has 0 radical (unpaired) electrons. The van der Waals surface area contributed by atoms with Gasteiger partial charge >= 0.3 is 0 Å². The van der Waals surface area contributed by atoms with E-state index in [9.17, 15) is 18.0 Å². The molecule has 0 spiro atoms. The van der Waals surface area contributed by atoms with Gasteiger partial charge < -0.3 is 10.2 Å². The third-order valence-corrected chi connectivity index (χ3v) is 8.06. The number of hydrogen-bond donors (Lipinski definition) is 1. The second-order valence-electron chi connectivity index (χ2n) is 9.39. The molecule has 3 aromatic carbocycles. The highest BCUT2D eigenvalue weighted by Gasteiger charge is 2.33. The highest BCUT2D eigenvalue weighted by atomic mass is 32.2. The van der Waals surface area contributed by atoms with Crippen molar-refractivity contribution in [2.75, 3.05) is 17.4 Å². The van der Waals surface area contributed by atoms with Gasteiger partial charge in [-0.05, 0) is 62.1 Å². The minimum absolute atomic E-state index is 0.0901. The summed E-state index contributed by atoms with van der Waals surface area (Å²) in [6.07, 6.45) is 1.16. The van der Waals surface area contributed by atoms with Crippen LogP contribution in [-0.2, 0) is 26.2 Å². The average molecular weight is 536 g/mol. The minimum atomic E-state index is -4.06. The SMILES string of the molecule is CCCNC(=O)C(CC)N(Cc1cccc(C)c1)C(=O)CN(c1cccc(C)c1)S(=O)(=O)c1ccccc1. The summed E-state index contributed by atoms with van der Waals surface area (Å²) in [5.74, 6) is -0.700. The molecule has 38 heavy (non-hydrogen) atoms. The van der Waals surface area contributed by atoms with E-state index in [0.717, 1.165) is 27.4 Å². The number of aryl methyl sites for hydroxylation is 2. The number of rotatable bonds is 12. The zero-order valence-electron chi connectivity index (χ0n) is 22.6. The Morgan fingerprint density at radius 3 is 2.13 bits per heavy atom. The maximum atomic E-state index is 14.0. The van der Waals surface area contributed by atoms with Crippen LogP contribution in [-0.4, -0.2) is 44.3 Å².